The Morgan fingerprint density at radius 1 is 0.902 bits per heavy atom. The smallest absolute Gasteiger partial charge is 0.134 e. The topological polar surface area (TPSA) is 29.0 Å². The van der Waals surface area contributed by atoms with E-state index in [-0.39, 0.29) is 17.4 Å². The minimum absolute atomic E-state index is 0.133. The molecule has 198 valence electrons. The summed E-state index contributed by atoms with van der Waals surface area (Å²) in [4.78, 5) is 12.5. The summed E-state index contributed by atoms with van der Waals surface area (Å²) in [6.07, 6.45) is 17.4. The Morgan fingerprint density at radius 2 is 1.68 bits per heavy atom. The molecule has 0 saturated carbocycles. The van der Waals surface area contributed by atoms with Gasteiger partial charge < -0.3 is 4.90 Å². The van der Waals surface area contributed by atoms with Crippen molar-refractivity contribution in [2.45, 2.75) is 38.1 Å². The fourth-order valence-electron chi connectivity index (χ4n) is 7.51. The number of hydrogen-bond acceptors (Lipinski definition) is 3. The van der Waals surface area contributed by atoms with E-state index in [4.69, 9.17) is 9.97 Å². The van der Waals surface area contributed by atoms with E-state index >= 15 is 0 Å². The fraction of sp³-hybridized carbons (Fsp3) is 0.158. The molecule has 3 heteroatoms. The molecule has 2 aromatic heterocycles. The van der Waals surface area contributed by atoms with E-state index in [0.29, 0.717) is 0 Å². The molecule has 0 N–H and O–H groups in total. The summed E-state index contributed by atoms with van der Waals surface area (Å²) >= 11 is 0. The van der Waals surface area contributed by atoms with Crippen LogP contribution in [-0.2, 0) is 5.41 Å². The Kier molecular flexibility index (Phi) is 5.06. The zero-order valence-corrected chi connectivity index (χ0v) is 23.6. The number of anilines is 2. The van der Waals surface area contributed by atoms with E-state index in [2.05, 4.69) is 129 Å². The molecule has 5 aromatic rings. The van der Waals surface area contributed by atoms with Crippen LogP contribution in [0, 0.1) is 0 Å². The molecule has 3 nitrogen and oxygen atoms in total. The van der Waals surface area contributed by atoms with Crippen LogP contribution in [0.15, 0.2) is 122 Å². The lowest BCUT2D eigenvalue weighted by Crippen LogP contribution is -2.29. The summed E-state index contributed by atoms with van der Waals surface area (Å²) < 4.78 is 0. The van der Waals surface area contributed by atoms with Gasteiger partial charge in [0.1, 0.15) is 5.82 Å². The number of fused-ring (bicyclic) bond motifs is 7. The van der Waals surface area contributed by atoms with Crippen molar-refractivity contribution < 1.29 is 0 Å². The number of pyridine rings is 2. The molecular weight excluding hydrogens is 498 g/mol. The van der Waals surface area contributed by atoms with Gasteiger partial charge in [-0.3, -0.25) is 4.98 Å². The van der Waals surface area contributed by atoms with E-state index in [1.165, 1.54) is 44.3 Å². The van der Waals surface area contributed by atoms with Crippen LogP contribution < -0.4 is 4.90 Å². The van der Waals surface area contributed by atoms with Crippen molar-refractivity contribution >= 4 is 49.7 Å². The van der Waals surface area contributed by atoms with Crippen LogP contribution in [-0.4, -0.2) is 16.0 Å². The van der Waals surface area contributed by atoms with Gasteiger partial charge >= 0.3 is 0 Å². The third-order valence-electron chi connectivity index (χ3n) is 9.29. The second kappa shape index (κ2) is 8.62. The molecule has 3 heterocycles. The molecule has 0 radical (unpaired) electrons. The number of aromatic nitrogens is 2. The average molecular weight is 530 g/mol. The molecular formula is C38H31N3. The van der Waals surface area contributed by atoms with Crippen molar-refractivity contribution in [1.29, 1.82) is 0 Å². The van der Waals surface area contributed by atoms with Crippen molar-refractivity contribution in [3.8, 4) is 0 Å². The highest BCUT2D eigenvalue weighted by molar-refractivity contribution is 6.08. The maximum Gasteiger partial charge on any atom is 0.134 e. The molecule has 2 aliphatic carbocycles. The second-order valence-corrected chi connectivity index (χ2v) is 11.8. The zero-order valence-electron chi connectivity index (χ0n) is 23.6. The molecule has 3 aliphatic rings. The molecule has 0 spiro atoms. The molecule has 1 aliphatic heterocycles. The first-order chi connectivity index (χ1) is 20.0. The van der Waals surface area contributed by atoms with Gasteiger partial charge in [0.05, 0.1) is 17.1 Å². The van der Waals surface area contributed by atoms with E-state index in [1.807, 2.05) is 12.3 Å². The van der Waals surface area contributed by atoms with Gasteiger partial charge in [-0.25, -0.2) is 4.98 Å². The van der Waals surface area contributed by atoms with Crippen LogP contribution in [0.2, 0.25) is 0 Å². The second-order valence-electron chi connectivity index (χ2n) is 11.8. The van der Waals surface area contributed by atoms with E-state index in [1.54, 1.807) is 0 Å². The highest BCUT2D eigenvalue weighted by Gasteiger charge is 2.43. The van der Waals surface area contributed by atoms with Crippen LogP contribution in [0.5, 0.6) is 0 Å². The monoisotopic (exact) mass is 529 g/mol. The molecule has 41 heavy (non-hydrogen) atoms. The lowest BCUT2D eigenvalue weighted by Gasteiger charge is -2.37. The maximum absolute atomic E-state index is 5.32. The van der Waals surface area contributed by atoms with Gasteiger partial charge in [0.2, 0.25) is 0 Å². The molecule has 3 aromatic carbocycles. The predicted molar refractivity (Wildman–Crippen MR) is 173 cm³/mol. The number of benzene rings is 3. The van der Waals surface area contributed by atoms with Crippen LogP contribution in [0.25, 0.3) is 38.2 Å². The average Bonchev–Trinajstić information content (AvgIpc) is 3.32. The Balaban J connectivity index is 1.47. The Hall–Kier alpha value is -4.76. The molecule has 0 fully saturated rings. The van der Waals surface area contributed by atoms with Gasteiger partial charge in [0.25, 0.3) is 0 Å². The van der Waals surface area contributed by atoms with Crippen LogP contribution in [0.3, 0.4) is 0 Å². The fourth-order valence-corrected chi connectivity index (χ4v) is 7.51. The van der Waals surface area contributed by atoms with E-state index < -0.39 is 0 Å². The standard InChI is InChI=1S/C38H31N3/c1-5-11-26-28(6-2)38(3,4)29-15-9-12-25-22-31-34(35(26)33(25)29)27-14-7-8-16-30(27)41(31)32-20-19-24-18-17-23-13-10-21-39-36(23)37(24)40-32/h5-22,27,30H,2H2,1,3-4H3/b11-5-. The Labute approximate surface area is 240 Å². The predicted octanol–water partition coefficient (Wildman–Crippen LogP) is 9.47. The minimum atomic E-state index is -0.148. The van der Waals surface area contributed by atoms with Crippen LogP contribution in [0.1, 0.15) is 43.4 Å². The number of rotatable bonds is 3. The van der Waals surface area contributed by atoms with Crippen LogP contribution >= 0.6 is 0 Å². The van der Waals surface area contributed by atoms with Gasteiger partial charge in [-0.15, -0.1) is 0 Å². The first kappa shape index (κ1) is 24.1. The maximum atomic E-state index is 5.32. The summed E-state index contributed by atoms with van der Waals surface area (Å²) in [6, 6.07) is 22.0. The van der Waals surface area contributed by atoms with E-state index in [9.17, 15) is 0 Å². The summed E-state index contributed by atoms with van der Waals surface area (Å²) in [5.41, 5.74) is 9.58. The SMILES string of the molecule is C=CC1=C(/C=C\C)c2c3c(cc4cccc(c24)C1(C)C)N(c1ccc2ccc4cccnc4c2n1)C1C=CC=CC31. The van der Waals surface area contributed by atoms with Crippen molar-refractivity contribution in [2.75, 3.05) is 4.90 Å². The van der Waals surface area contributed by atoms with Gasteiger partial charge in [-0.05, 0) is 69.8 Å². The molecule has 8 rings (SSSR count). The highest BCUT2D eigenvalue weighted by atomic mass is 15.2. The van der Waals surface area contributed by atoms with Gasteiger partial charge in [-0.1, -0.05) is 99.4 Å². The van der Waals surface area contributed by atoms with Crippen molar-refractivity contribution in [3.05, 3.63) is 138 Å². The first-order valence-electron chi connectivity index (χ1n) is 14.4. The Morgan fingerprint density at radius 3 is 2.51 bits per heavy atom. The van der Waals surface area contributed by atoms with Gasteiger partial charge in [0.15, 0.2) is 0 Å². The largest absolute Gasteiger partial charge is 0.318 e. The quantitative estimate of drug-likeness (QED) is 0.218. The van der Waals surface area contributed by atoms with Crippen LogP contribution in [0.4, 0.5) is 11.5 Å². The summed E-state index contributed by atoms with van der Waals surface area (Å²) in [5, 5.41) is 4.83. The van der Waals surface area contributed by atoms with Crippen molar-refractivity contribution in [3.63, 3.8) is 0 Å². The lowest BCUT2D eigenvalue weighted by molar-refractivity contribution is 0.644. The molecule has 0 bridgehead atoms. The summed E-state index contributed by atoms with van der Waals surface area (Å²) in [7, 11) is 0. The molecule has 2 atom stereocenters. The molecule has 0 saturated heterocycles. The summed E-state index contributed by atoms with van der Waals surface area (Å²) in [5.74, 6) is 1.15. The third-order valence-corrected chi connectivity index (χ3v) is 9.29. The third kappa shape index (κ3) is 3.20. The zero-order chi connectivity index (χ0) is 27.9. The summed E-state index contributed by atoms with van der Waals surface area (Å²) in [6.45, 7) is 11.1. The van der Waals surface area contributed by atoms with Crippen molar-refractivity contribution in [2.24, 2.45) is 0 Å². The molecule has 2 unspecified atom stereocenters. The number of nitrogens with zero attached hydrogens (tertiary/aromatic N) is 3. The van der Waals surface area contributed by atoms with Crippen molar-refractivity contribution in [1.82, 2.24) is 9.97 Å². The Bertz CT molecular complexity index is 2070. The van der Waals surface area contributed by atoms with Gasteiger partial charge in [0, 0.05) is 34.0 Å². The lowest BCUT2D eigenvalue weighted by atomic mass is 9.66. The normalized spacial score (nSPS) is 20.4. The minimum Gasteiger partial charge on any atom is -0.318 e. The highest BCUT2D eigenvalue weighted by Crippen LogP contribution is 2.57. The first-order valence-corrected chi connectivity index (χ1v) is 14.4. The van der Waals surface area contributed by atoms with Gasteiger partial charge in [-0.2, -0.15) is 0 Å². The molecule has 0 amide bonds. The number of allylic oxidation sites excluding steroid dienone is 7. The number of hydrogen-bond donors (Lipinski definition) is 0. The van der Waals surface area contributed by atoms with E-state index in [0.717, 1.165) is 27.6 Å².